The number of hydrogen-bond acceptors (Lipinski definition) is 2. The van der Waals surface area contributed by atoms with Crippen molar-refractivity contribution in [1.82, 2.24) is 0 Å². The van der Waals surface area contributed by atoms with Gasteiger partial charge in [-0.25, -0.2) is 0 Å². The van der Waals surface area contributed by atoms with Crippen molar-refractivity contribution < 1.29 is 4.79 Å². The molecule has 0 amide bonds. The maximum atomic E-state index is 13.2. The molecule has 0 aliphatic rings. The van der Waals surface area contributed by atoms with Gasteiger partial charge in [0.1, 0.15) is 0 Å². The lowest BCUT2D eigenvalue weighted by Crippen LogP contribution is -2.03. The maximum Gasteiger partial charge on any atom is 0.194 e. The van der Waals surface area contributed by atoms with Gasteiger partial charge in [-0.2, -0.15) is 0 Å². The Morgan fingerprint density at radius 2 is 1.42 bits per heavy atom. The van der Waals surface area contributed by atoms with Gasteiger partial charge in [-0.1, -0.05) is 90.6 Å². The highest BCUT2D eigenvalue weighted by Crippen LogP contribution is 2.38. The molecular formula is C24H18OS. The third kappa shape index (κ3) is 3.16. The van der Waals surface area contributed by atoms with Gasteiger partial charge < -0.3 is 0 Å². The molecule has 0 N–H and O–H groups in total. The Hall–Kier alpha value is -2.84. The van der Waals surface area contributed by atoms with Crippen molar-refractivity contribution in [2.45, 2.75) is 16.7 Å². The number of benzene rings is 4. The minimum atomic E-state index is 0.0624. The molecule has 4 rings (SSSR count). The SMILES string of the molecule is Cc1ccccc1Sc1c(C(=O)c2ccccc2)ccc2ccccc12. The van der Waals surface area contributed by atoms with Crippen LogP contribution in [-0.4, -0.2) is 5.78 Å². The molecule has 4 aromatic rings. The van der Waals surface area contributed by atoms with Crippen LogP contribution >= 0.6 is 11.8 Å². The van der Waals surface area contributed by atoms with E-state index >= 15 is 0 Å². The molecule has 126 valence electrons. The Morgan fingerprint density at radius 3 is 2.23 bits per heavy atom. The van der Waals surface area contributed by atoms with Crippen LogP contribution in [0.4, 0.5) is 0 Å². The third-order valence-corrected chi connectivity index (χ3v) is 5.79. The van der Waals surface area contributed by atoms with Crippen LogP contribution in [-0.2, 0) is 0 Å². The van der Waals surface area contributed by atoms with E-state index in [2.05, 4.69) is 31.2 Å². The molecule has 0 radical (unpaired) electrons. The molecule has 0 unspecified atom stereocenters. The third-order valence-electron chi connectivity index (χ3n) is 4.47. The van der Waals surface area contributed by atoms with Gasteiger partial charge in [0.2, 0.25) is 0 Å². The largest absolute Gasteiger partial charge is 0.289 e. The van der Waals surface area contributed by atoms with Crippen molar-refractivity contribution in [2.75, 3.05) is 0 Å². The zero-order chi connectivity index (χ0) is 17.9. The number of carbonyl (C=O) groups is 1. The second-order valence-corrected chi connectivity index (χ2v) is 7.28. The van der Waals surface area contributed by atoms with E-state index < -0.39 is 0 Å². The van der Waals surface area contributed by atoms with E-state index in [9.17, 15) is 4.79 Å². The fraction of sp³-hybridized carbons (Fsp3) is 0.0417. The van der Waals surface area contributed by atoms with Gasteiger partial charge in [0.05, 0.1) is 0 Å². The summed E-state index contributed by atoms with van der Waals surface area (Å²) in [5.74, 6) is 0.0624. The highest BCUT2D eigenvalue weighted by molar-refractivity contribution is 7.99. The number of hydrogen-bond donors (Lipinski definition) is 0. The van der Waals surface area contributed by atoms with Gasteiger partial charge in [-0.3, -0.25) is 4.79 Å². The molecule has 0 aliphatic heterocycles. The summed E-state index contributed by atoms with van der Waals surface area (Å²) in [4.78, 5) is 15.4. The summed E-state index contributed by atoms with van der Waals surface area (Å²) < 4.78 is 0. The van der Waals surface area contributed by atoms with Crippen molar-refractivity contribution in [3.63, 3.8) is 0 Å². The highest BCUT2D eigenvalue weighted by Gasteiger charge is 2.17. The molecule has 0 fully saturated rings. The summed E-state index contributed by atoms with van der Waals surface area (Å²) in [6.07, 6.45) is 0. The maximum absolute atomic E-state index is 13.2. The molecule has 0 heterocycles. The molecule has 2 heteroatoms. The molecule has 0 spiro atoms. The number of fused-ring (bicyclic) bond motifs is 1. The first-order chi connectivity index (χ1) is 12.7. The van der Waals surface area contributed by atoms with E-state index in [0.717, 1.165) is 26.8 Å². The van der Waals surface area contributed by atoms with E-state index in [1.165, 1.54) is 10.5 Å². The fourth-order valence-electron chi connectivity index (χ4n) is 3.06. The van der Waals surface area contributed by atoms with Crippen LogP contribution in [0.15, 0.2) is 101 Å². The van der Waals surface area contributed by atoms with E-state index in [-0.39, 0.29) is 5.78 Å². The molecule has 0 aliphatic carbocycles. The van der Waals surface area contributed by atoms with Crippen LogP contribution in [0.2, 0.25) is 0 Å². The van der Waals surface area contributed by atoms with Gasteiger partial charge in [-0.05, 0) is 35.4 Å². The Morgan fingerprint density at radius 1 is 0.731 bits per heavy atom. The predicted molar refractivity (Wildman–Crippen MR) is 109 cm³/mol. The van der Waals surface area contributed by atoms with Crippen molar-refractivity contribution >= 4 is 28.3 Å². The number of carbonyl (C=O) groups excluding carboxylic acids is 1. The van der Waals surface area contributed by atoms with Crippen molar-refractivity contribution in [1.29, 1.82) is 0 Å². The second kappa shape index (κ2) is 7.19. The van der Waals surface area contributed by atoms with Gasteiger partial charge in [0, 0.05) is 20.9 Å². The minimum absolute atomic E-state index is 0.0624. The van der Waals surface area contributed by atoms with Crippen LogP contribution < -0.4 is 0 Å². The van der Waals surface area contributed by atoms with Gasteiger partial charge >= 0.3 is 0 Å². The van der Waals surface area contributed by atoms with Gasteiger partial charge in [-0.15, -0.1) is 0 Å². The van der Waals surface area contributed by atoms with Crippen molar-refractivity contribution in [3.05, 3.63) is 108 Å². The summed E-state index contributed by atoms with van der Waals surface area (Å²) in [6.45, 7) is 2.10. The first kappa shape index (κ1) is 16.6. The average Bonchev–Trinajstić information content (AvgIpc) is 2.70. The van der Waals surface area contributed by atoms with E-state index in [4.69, 9.17) is 0 Å². The molecule has 4 aromatic carbocycles. The van der Waals surface area contributed by atoms with E-state index in [0.29, 0.717) is 0 Å². The molecular weight excluding hydrogens is 336 g/mol. The van der Waals surface area contributed by atoms with E-state index in [1.54, 1.807) is 11.8 Å². The zero-order valence-electron chi connectivity index (χ0n) is 14.5. The molecule has 1 nitrogen and oxygen atoms in total. The molecule has 0 aromatic heterocycles. The minimum Gasteiger partial charge on any atom is -0.289 e. The summed E-state index contributed by atoms with van der Waals surface area (Å²) >= 11 is 1.67. The molecule has 0 bridgehead atoms. The summed E-state index contributed by atoms with van der Waals surface area (Å²) in [5.41, 5.74) is 2.68. The number of aryl methyl sites for hydroxylation is 1. The van der Waals surface area contributed by atoms with Crippen molar-refractivity contribution in [2.24, 2.45) is 0 Å². The first-order valence-electron chi connectivity index (χ1n) is 8.59. The lowest BCUT2D eigenvalue weighted by atomic mass is 10.00. The Labute approximate surface area is 157 Å². The molecule has 0 saturated carbocycles. The average molecular weight is 354 g/mol. The Bertz CT molecular complexity index is 1080. The van der Waals surface area contributed by atoms with Crippen LogP contribution in [0.25, 0.3) is 10.8 Å². The second-order valence-electron chi connectivity index (χ2n) is 6.23. The molecule has 26 heavy (non-hydrogen) atoms. The monoisotopic (exact) mass is 354 g/mol. The lowest BCUT2D eigenvalue weighted by molar-refractivity contribution is 0.103. The normalized spacial score (nSPS) is 10.8. The number of rotatable bonds is 4. The Balaban J connectivity index is 1.90. The smallest absolute Gasteiger partial charge is 0.194 e. The quantitative estimate of drug-likeness (QED) is 0.388. The van der Waals surface area contributed by atoms with Crippen LogP contribution in [0.5, 0.6) is 0 Å². The summed E-state index contributed by atoms with van der Waals surface area (Å²) in [7, 11) is 0. The zero-order valence-corrected chi connectivity index (χ0v) is 15.3. The predicted octanol–water partition coefficient (Wildman–Crippen LogP) is 6.53. The summed E-state index contributed by atoms with van der Waals surface area (Å²) in [6, 6.07) is 30.0. The van der Waals surface area contributed by atoms with Crippen LogP contribution in [0, 0.1) is 6.92 Å². The molecule has 0 saturated heterocycles. The highest BCUT2D eigenvalue weighted by atomic mass is 32.2. The van der Waals surface area contributed by atoms with Crippen LogP contribution in [0.3, 0.4) is 0 Å². The lowest BCUT2D eigenvalue weighted by Gasteiger charge is -2.13. The van der Waals surface area contributed by atoms with Crippen molar-refractivity contribution in [3.8, 4) is 0 Å². The van der Waals surface area contributed by atoms with E-state index in [1.807, 2.05) is 66.7 Å². The molecule has 0 atom stereocenters. The standard InChI is InChI=1S/C24H18OS/c1-17-9-5-8-14-22(17)26-24-20-13-7-6-10-18(20)15-16-21(24)23(25)19-11-3-2-4-12-19/h2-16H,1H3. The topological polar surface area (TPSA) is 17.1 Å². The van der Waals surface area contributed by atoms with Crippen LogP contribution in [0.1, 0.15) is 21.5 Å². The number of ketones is 1. The fourth-order valence-corrected chi connectivity index (χ4v) is 4.22. The first-order valence-corrected chi connectivity index (χ1v) is 9.40. The Kier molecular flexibility index (Phi) is 4.59. The van der Waals surface area contributed by atoms with Gasteiger partial charge in [0.25, 0.3) is 0 Å². The summed E-state index contributed by atoms with van der Waals surface area (Å²) in [5, 5.41) is 2.26. The van der Waals surface area contributed by atoms with Gasteiger partial charge in [0.15, 0.2) is 5.78 Å².